The molecular weight excluding hydrogens is 239 g/mol. The van der Waals surface area contributed by atoms with E-state index in [1.165, 1.54) is 12.1 Å². The van der Waals surface area contributed by atoms with E-state index in [-0.39, 0.29) is 11.1 Å². The Morgan fingerprint density at radius 1 is 1.38 bits per heavy atom. The maximum Gasteiger partial charge on any atom is 0.289 e. The lowest BCUT2D eigenvalue weighted by atomic mass is 10.1. The first kappa shape index (κ1) is 13.3. The fraction of sp³-hybridized carbons (Fsp3) is 0.455. The third kappa shape index (κ3) is 3.12. The Bertz CT molecular complexity index is 346. The van der Waals surface area contributed by atoms with Crippen LogP contribution in [0.2, 0.25) is 5.02 Å². The van der Waals surface area contributed by atoms with Crippen molar-refractivity contribution in [3.05, 3.63) is 34.6 Å². The van der Waals surface area contributed by atoms with E-state index >= 15 is 0 Å². The molecule has 0 saturated heterocycles. The zero-order valence-corrected chi connectivity index (χ0v) is 9.78. The minimum absolute atomic E-state index is 0.101. The first-order valence-corrected chi connectivity index (χ1v) is 5.28. The van der Waals surface area contributed by atoms with E-state index in [4.69, 9.17) is 11.6 Å². The van der Waals surface area contributed by atoms with Gasteiger partial charge < -0.3 is 5.32 Å². The smallest absolute Gasteiger partial charge is 0.289 e. The van der Waals surface area contributed by atoms with Crippen LogP contribution in [0.15, 0.2) is 18.2 Å². The molecule has 0 heterocycles. The molecule has 1 N–H and O–H groups in total. The average molecular weight is 252 g/mol. The highest BCUT2D eigenvalue weighted by atomic mass is 35.5. The second-order valence-electron chi connectivity index (χ2n) is 3.84. The van der Waals surface area contributed by atoms with Crippen LogP contribution in [0.5, 0.6) is 0 Å². The van der Waals surface area contributed by atoms with E-state index in [2.05, 4.69) is 5.32 Å². The van der Waals surface area contributed by atoms with Crippen LogP contribution in [-0.4, -0.2) is 12.6 Å². The zero-order valence-electron chi connectivity index (χ0n) is 9.03. The fourth-order valence-corrected chi connectivity index (χ4v) is 1.57. The molecule has 1 aromatic rings. The van der Waals surface area contributed by atoms with Gasteiger partial charge in [0.25, 0.3) is 5.92 Å². The van der Waals surface area contributed by atoms with Crippen LogP contribution in [0.3, 0.4) is 0 Å². The van der Waals surface area contributed by atoms with Crippen molar-refractivity contribution in [2.45, 2.75) is 25.8 Å². The van der Waals surface area contributed by atoms with Crippen LogP contribution in [0.25, 0.3) is 0 Å². The summed E-state index contributed by atoms with van der Waals surface area (Å²) >= 11 is 5.58. The molecule has 0 radical (unpaired) electrons. The van der Waals surface area contributed by atoms with Crippen molar-refractivity contribution >= 4 is 11.6 Å². The molecule has 0 aliphatic heterocycles. The molecule has 16 heavy (non-hydrogen) atoms. The van der Waals surface area contributed by atoms with Gasteiger partial charge >= 0.3 is 0 Å². The van der Waals surface area contributed by atoms with Crippen LogP contribution in [0.1, 0.15) is 19.4 Å². The van der Waals surface area contributed by atoms with E-state index in [0.717, 1.165) is 6.07 Å². The molecule has 0 aliphatic carbocycles. The summed E-state index contributed by atoms with van der Waals surface area (Å²) in [7, 11) is 0. The summed E-state index contributed by atoms with van der Waals surface area (Å²) in [4.78, 5) is 0. The molecule has 0 spiro atoms. The van der Waals surface area contributed by atoms with Crippen molar-refractivity contribution < 1.29 is 13.2 Å². The number of nitrogens with one attached hydrogen (secondary N) is 1. The number of hydrogen-bond acceptors (Lipinski definition) is 1. The van der Waals surface area contributed by atoms with Crippen LogP contribution < -0.4 is 5.32 Å². The Kier molecular flexibility index (Phi) is 4.21. The van der Waals surface area contributed by atoms with Crippen LogP contribution in [-0.2, 0) is 5.92 Å². The van der Waals surface area contributed by atoms with Crippen molar-refractivity contribution in [1.29, 1.82) is 0 Å². The van der Waals surface area contributed by atoms with Gasteiger partial charge in [-0.3, -0.25) is 0 Å². The van der Waals surface area contributed by atoms with Crippen LogP contribution in [0.4, 0.5) is 13.2 Å². The van der Waals surface area contributed by atoms with E-state index in [1.807, 2.05) is 0 Å². The monoisotopic (exact) mass is 251 g/mol. The minimum atomic E-state index is -3.31. The third-order valence-corrected chi connectivity index (χ3v) is 2.38. The third-order valence-electron chi connectivity index (χ3n) is 2.06. The summed E-state index contributed by atoms with van der Waals surface area (Å²) in [6.45, 7) is 2.84. The van der Waals surface area contributed by atoms with Crippen molar-refractivity contribution in [3.8, 4) is 0 Å². The van der Waals surface area contributed by atoms with Gasteiger partial charge in [0, 0.05) is 6.04 Å². The van der Waals surface area contributed by atoms with Crippen molar-refractivity contribution in [3.63, 3.8) is 0 Å². The van der Waals surface area contributed by atoms with E-state index in [0.29, 0.717) is 0 Å². The molecule has 90 valence electrons. The first-order chi connectivity index (χ1) is 7.34. The SMILES string of the molecule is CC(C)NCC(F)(F)c1c(F)cccc1Cl. The minimum Gasteiger partial charge on any atom is -0.309 e. The predicted molar refractivity (Wildman–Crippen MR) is 58.4 cm³/mol. The van der Waals surface area contributed by atoms with Crippen LogP contribution >= 0.6 is 11.6 Å². The van der Waals surface area contributed by atoms with E-state index in [1.54, 1.807) is 13.8 Å². The summed E-state index contributed by atoms with van der Waals surface area (Å²) in [5, 5.41) is 2.31. The summed E-state index contributed by atoms with van der Waals surface area (Å²) < 4.78 is 40.6. The number of rotatable bonds is 4. The number of alkyl halides is 2. The Morgan fingerprint density at radius 3 is 2.50 bits per heavy atom. The maximum absolute atomic E-state index is 13.7. The number of hydrogen-bond donors (Lipinski definition) is 1. The summed E-state index contributed by atoms with van der Waals surface area (Å²) in [6.07, 6.45) is 0. The second kappa shape index (κ2) is 5.06. The molecule has 0 amide bonds. The lowest BCUT2D eigenvalue weighted by Crippen LogP contribution is -2.35. The molecule has 1 aromatic carbocycles. The molecule has 0 bridgehead atoms. The summed E-state index contributed by atoms with van der Waals surface area (Å²) in [6, 6.07) is 3.43. The van der Waals surface area contributed by atoms with Gasteiger partial charge in [0.05, 0.1) is 17.1 Å². The highest BCUT2D eigenvalue weighted by molar-refractivity contribution is 6.31. The lowest BCUT2D eigenvalue weighted by Gasteiger charge is -2.20. The quantitative estimate of drug-likeness (QED) is 0.863. The topological polar surface area (TPSA) is 12.0 Å². The van der Waals surface area contributed by atoms with E-state index in [9.17, 15) is 13.2 Å². The van der Waals surface area contributed by atoms with Gasteiger partial charge in [0.1, 0.15) is 5.82 Å². The van der Waals surface area contributed by atoms with Gasteiger partial charge in [-0.1, -0.05) is 31.5 Å². The first-order valence-electron chi connectivity index (χ1n) is 4.90. The Hall–Kier alpha value is -0.740. The standard InChI is InChI=1S/C11H13ClF3N/c1-7(2)16-6-11(14,15)10-8(12)4-3-5-9(10)13/h3-5,7,16H,6H2,1-2H3. The summed E-state index contributed by atoms with van der Waals surface area (Å²) in [5.41, 5.74) is -0.746. The van der Waals surface area contributed by atoms with Gasteiger partial charge in [-0.05, 0) is 12.1 Å². The molecule has 1 nitrogen and oxygen atoms in total. The molecule has 0 saturated carbocycles. The summed E-state index contributed by atoms with van der Waals surface area (Å²) in [5.74, 6) is -4.30. The van der Waals surface area contributed by atoms with Gasteiger partial charge in [0.2, 0.25) is 0 Å². The molecule has 0 fully saturated rings. The Labute approximate surface area is 97.6 Å². The van der Waals surface area contributed by atoms with Crippen molar-refractivity contribution in [2.75, 3.05) is 6.54 Å². The molecule has 0 unspecified atom stereocenters. The fourth-order valence-electron chi connectivity index (χ4n) is 1.27. The molecule has 5 heteroatoms. The number of benzene rings is 1. The van der Waals surface area contributed by atoms with Gasteiger partial charge in [-0.2, -0.15) is 8.78 Å². The normalized spacial score (nSPS) is 12.2. The molecular formula is C11H13ClF3N. The average Bonchev–Trinajstić information content (AvgIpc) is 2.14. The largest absolute Gasteiger partial charge is 0.309 e. The molecule has 0 aromatic heterocycles. The predicted octanol–water partition coefficient (Wildman–Crippen LogP) is 3.57. The molecule has 1 rings (SSSR count). The Balaban J connectivity index is 2.97. The van der Waals surface area contributed by atoms with Crippen LogP contribution in [0, 0.1) is 5.82 Å². The highest BCUT2D eigenvalue weighted by Crippen LogP contribution is 2.34. The lowest BCUT2D eigenvalue weighted by molar-refractivity contribution is -0.00810. The van der Waals surface area contributed by atoms with Crippen molar-refractivity contribution in [1.82, 2.24) is 5.32 Å². The molecule has 0 aliphatic rings. The maximum atomic E-state index is 13.7. The van der Waals surface area contributed by atoms with Gasteiger partial charge in [-0.25, -0.2) is 4.39 Å². The number of halogens is 4. The van der Waals surface area contributed by atoms with Crippen molar-refractivity contribution in [2.24, 2.45) is 0 Å². The van der Waals surface area contributed by atoms with Gasteiger partial charge in [0.15, 0.2) is 0 Å². The van der Waals surface area contributed by atoms with E-state index < -0.39 is 23.8 Å². The second-order valence-corrected chi connectivity index (χ2v) is 4.24. The highest BCUT2D eigenvalue weighted by Gasteiger charge is 2.36. The van der Waals surface area contributed by atoms with Gasteiger partial charge in [-0.15, -0.1) is 0 Å². The zero-order chi connectivity index (χ0) is 12.3. The molecule has 0 atom stereocenters. The Morgan fingerprint density at radius 2 is 2.00 bits per heavy atom.